The van der Waals surface area contributed by atoms with E-state index < -0.39 is 0 Å². The molecule has 2 aromatic carbocycles. The number of carbonyl (C=O) groups is 2. The standard InChI is InChI=1S/C31H38N4O2/c1-3-34(4-2)30(37)35-26-15-6-5-13-23(26)24-16-20-33(21-27(24)35)19-8-7-17-31-18-10-12-22-11-9-14-25(28(22)31)32-29(31)36/h5-6,9,11,13-15H,3-4,7-8,10,12,16-21H2,1-2H3,(H,32,36). The zero-order valence-corrected chi connectivity index (χ0v) is 22.2. The van der Waals surface area contributed by atoms with Gasteiger partial charge in [0.15, 0.2) is 0 Å². The van der Waals surface area contributed by atoms with E-state index in [4.69, 9.17) is 0 Å². The molecule has 0 radical (unpaired) electrons. The van der Waals surface area contributed by atoms with Gasteiger partial charge in [-0.1, -0.05) is 36.8 Å². The molecule has 0 bridgehead atoms. The number of unbranched alkanes of at least 4 members (excludes halogenated alkanes) is 1. The molecule has 3 aromatic rings. The minimum Gasteiger partial charge on any atom is -0.325 e. The predicted octanol–water partition coefficient (Wildman–Crippen LogP) is 5.71. The van der Waals surface area contributed by atoms with Crippen LogP contribution in [-0.2, 0) is 29.6 Å². The van der Waals surface area contributed by atoms with E-state index in [0.29, 0.717) is 13.1 Å². The summed E-state index contributed by atoms with van der Waals surface area (Å²) in [6.07, 6.45) is 7.11. The third-order valence-electron chi connectivity index (χ3n) is 9.05. The molecule has 1 aromatic heterocycles. The summed E-state index contributed by atoms with van der Waals surface area (Å²) >= 11 is 0. The molecule has 1 atom stereocenters. The van der Waals surface area contributed by atoms with Gasteiger partial charge in [-0.3, -0.25) is 14.3 Å². The zero-order valence-electron chi connectivity index (χ0n) is 22.2. The molecule has 1 N–H and O–H groups in total. The number of fused-ring (bicyclic) bond motifs is 3. The van der Waals surface area contributed by atoms with Gasteiger partial charge in [-0.15, -0.1) is 0 Å². The highest BCUT2D eigenvalue weighted by Gasteiger charge is 2.48. The van der Waals surface area contributed by atoms with Crippen LogP contribution >= 0.6 is 0 Å². The van der Waals surface area contributed by atoms with Crippen molar-refractivity contribution in [2.75, 3.05) is 31.5 Å². The van der Waals surface area contributed by atoms with E-state index in [0.717, 1.165) is 81.5 Å². The molecule has 6 heteroatoms. The fraction of sp³-hybridized carbons (Fsp3) is 0.484. The summed E-state index contributed by atoms with van der Waals surface area (Å²) in [5.41, 5.74) is 6.87. The Morgan fingerprint density at radius 1 is 1.05 bits per heavy atom. The van der Waals surface area contributed by atoms with Crippen LogP contribution in [0.3, 0.4) is 0 Å². The minimum absolute atomic E-state index is 0.0856. The van der Waals surface area contributed by atoms with Crippen LogP contribution in [0.25, 0.3) is 10.9 Å². The van der Waals surface area contributed by atoms with Crippen LogP contribution in [0.5, 0.6) is 0 Å². The van der Waals surface area contributed by atoms with Crippen molar-refractivity contribution in [3.8, 4) is 0 Å². The summed E-state index contributed by atoms with van der Waals surface area (Å²) in [4.78, 5) is 31.1. The first-order chi connectivity index (χ1) is 18.1. The van der Waals surface area contributed by atoms with Gasteiger partial charge in [0.2, 0.25) is 5.91 Å². The van der Waals surface area contributed by atoms with Crippen molar-refractivity contribution in [1.82, 2.24) is 14.4 Å². The second-order valence-electron chi connectivity index (χ2n) is 10.9. The first kappa shape index (κ1) is 24.2. The van der Waals surface area contributed by atoms with Gasteiger partial charge in [0.1, 0.15) is 0 Å². The van der Waals surface area contributed by atoms with Crippen LogP contribution in [-0.4, -0.2) is 52.5 Å². The maximum Gasteiger partial charge on any atom is 0.328 e. The van der Waals surface area contributed by atoms with E-state index >= 15 is 0 Å². The maximum atomic E-state index is 13.5. The first-order valence-electron chi connectivity index (χ1n) is 14.1. The average Bonchev–Trinajstić information content (AvgIpc) is 3.40. The van der Waals surface area contributed by atoms with Gasteiger partial charge in [0, 0.05) is 42.9 Å². The number of aromatic nitrogens is 1. The maximum absolute atomic E-state index is 13.5. The number of aryl methyl sites for hydroxylation is 1. The van der Waals surface area contributed by atoms with Gasteiger partial charge in [-0.2, -0.15) is 0 Å². The van der Waals surface area contributed by atoms with Gasteiger partial charge in [-0.05, 0) is 87.7 Å². The van der Waals surface area contributed by atoms with Crippen molar-refractivity contribution < 1.29 is 9.59 Å². The number of carbonyl (C=O) groups excluding carboxylic acids is 2. The van der Waals surface area contributed by atoms with E-state index in [1.807, 2.05) is 29.4 Å². The van der Waals surface area contributed by atoms with Gasteiger partial charge in [0.05, 0.1) is 10.9 Å². The number of nitrogens with one attached hydrogen (secondary N) is 1. The van der Waals surface area contributed by atoms with Crippen LogP contribution < -0.4 is 5.32 Å². The predicted molar refractivity (Wildman–Crippen MR) is 148 cm³/mol. The molecule has 6 rings (SSSR count). The van der Waals surface area contributed by atoms with E-state index in [1.54, 1.807) is 0 Å². The molecular weight excluding hydrogens is 460 g/mol. The average molecular weight is 499 g/mol. The Balaban J connectivity index is 1.17. The van der Waals surface area contributed by atoms with Crippen LogP contribution in [0.4, 0.5) is 10.5 Å². The van der Waals surface area contributed by atoms with Crippen LogP contribution in [0.2, 0.25) is 0 Å². The highest BCUT2D eigenvalue weighted by atomic mass is 16.2. The largest absolute Gasteiger partial charge is 0.328 e. The molecule has 1 aliphatic carbocycles. The summed E-state index contributed by atoms with van der Waals surface area (Å²) in [5, 5.41) is 4.40. The van der Waals surface area contributed by atoms with Crippen molar-refractivity contribution >= 4 is 28.5 Å². The molecule has 3 heterocycles. The quantitative estimate of drug-likeness (QED) is 0.425. The number of benzene rings is 2. The molecular formula is C31H38N4O2. The first-order valence-corrected chi connectivity index (χ1v) is 14.1. The third-order valence-corrected chi connectivity index (χ3v) is 9.05. The van der Waals surface area contributed by atoms with Gasteiger partial charge in [-0.25, -0.2) is 4.79 Å². The number of amides is 2. The second kappa shape index (κ2) is 9.64. The lowest BCUT2D eigenvalue weighted by Crippen LogP contribution is -2.38. The fourth-order valence-electron chi connectivity index (χ4n) is 7.19. The van der Waals surface area contributed by atoms with Crippen LogP contribution in [0.15, 0.2) is 42.5 Å². The minimum atomic E-state index is -0.331. The Kier molecular flexibility index (Phi) is 6.31. The smallest absolute Gasteiger partial charge is 0.325 e. The van der Waals surface area contributed by atoms with Crippen molar-refractivity contribution in [1.29, 1.82) is 0 Å². The molecule has 2 amide bonds. The summed E-state index contributed by atoms with van der Waals surface area (Å²) < 4.78 is 1.98. The van der Waals surface area contributed by atoms with Crippen LogP contribution in [0, 0.1) is 0 Å². The van der Waals surface area contributed by atoms with E-state index in [-0.39, 0.29) is 17.4 Å². The number of para-hydroxylation sites is 1. The van der Waals surface area contributed by atoms with Crippen LogP contribution in [0.1, 0.15) is 68.3 Å². The van der Waals surface area contributed by atoms with Crippen molar-refractivity contribution in [2.45, 2.75) is 70.8 Å². The molecule has 1 unspecified atom stereocenters. The fourth-order valence-corrected chi connectivity index (χ4v) is 7.19. The molecule has 0 saturated carbocycles. The summed E-state index contributed by atoms with van der Waals surface area (Å²) in [7, 11) is 0. The van der Waals surface area contributed by atoms with E-state index in [9.17, 15) is 9.59 Å². The number of anilines is 1. The Hall–Kier alpha value is -3.12. The van der Waals surface area contributed by atoms with Gasteiger partial charge < -0.3 is 10.2 Å². The number of hydrogen-bond donors (Lipinski definition) is 1. The number of hydrogen-bond acceptors (Lipinski definition) is 3. The third kappa shape index (κ3) is 3.88. The highest BCUT2D eigenvalue weighted by molar-refractivity contribution is 6.07. The number of nitrogens with zero attached hydrogens (tertiary/aromatic N) is 3. The molecule has 6 nitrogen and oxygen atoms in total. The zero-order chi connectivity index (χ0) is 25.6. The van der Waals surface area contributed by atoms with Crippen molar-refractivity contribution in [3.05, 3.63) is 64.8 Å². The van der Waals surface area contributed by atoms with Gasteiger partial charge >= 0.3 is 6.03 Å². The Morgan fingerprint density at radius 2 is 1.89 bits per heavy atom. The van der Waals surface area contributed by atoms with Crippen molar-refractivity contribution in [3.63, 3.8) is 0 Å². The molecule has 37 heavy (non-hydrogen) atoms. The Labute approximate surface area is 219 Å². The SMILES string of the molecule is CCN(CC)C(=O)n1c2c(c3ccccc31)CCN(CCCCC13CCCc4cccc(c41)NC3=O)C2. The Morgan fingerprint density at radius 3 is 2.73 bits per heavy atom. The summed E-state index contributed by atoms with van der Waals surface area (Å²) in [6, 6.07) is 14.8. The molecule has 3 aliphatic rings. The molecule has 0 saturated heterocycles. The highest BCUT2D eigenvalue weighted by Crippen LogP contribution is 2.49. The second-order valence-corrected chi connectivity index (χ2v) is 10.9. The molecule has 2 aliphatic heterocycles. The van der Waals surface area contributed by atoms with Gasteiger partial charge in [0.25, 0.3) is 0 Å². The lowest BCUT2D eigenvalue weighted by atomic mass is 9.68. The monoisotopic (exact) mass is 498 g/mol. The summed E-state index contributed by atoms with van der Waals surface area (Å²) in [5.74, 6) is 0.205. The topological polar surface area (TPSA) is 57.6 Å². The Bertz CT molecular complexity index is 1350. The lowest BCUT2D eigenvalue weighted by Gasteiger charge is -2.33. The summed E-state index contributed by atoms with van der Waals surface area (Å²) in [6.45, 7) is 8.32. The number of rotatable bonds is 7. The molecule has 0 spiro atoms. The van der Waals surface area contributed by atoms with Crippen molar-refractivity contribution in [2.24, 2.45) is 0 Å². The lowest BCUT2D eigenvalue weighted by molar-refractivity contribution is -0.121. The van der Waals surface area contributed by atoms with E-state index in [2.05, 4.69) is 46.6 Å². The molecule has 0 fully saturated rings. The van der Waals surface area contributed by atoms with E-state index in [1.165, 1.54) is 22.1 Å². The molecule has 194 valence electrons. The normalized spacial score (nSPS) is 20.5.